The number of rotatable bonds is 3. The minimum absolute atomic E-state index is 0.0987. The fraction of sp³-hybridized carbons (Fsp3) is 0.278. The van der Waals surface area contributed by atoms with Crippen molar-refractivity contribution >= 4 is 27.4 Å². The molecule has 0 unspecified atom stereocenters. The number of anilines is 2. The van der Waals surface area contributed by atoms with Crippen LogP contribution in [0.3, 0.4) is 0 Å². The topological polar surface area (TPSA) is 98.7 Å². The van der Waals surface area contributed by atoms with E-state index in [1.807, 2.05) is 0 Å². The summed E-state index contributed by atoms with van der Waals surface area (Å²) < 4.78 is 63.9. The molecule has 2 amide bonds. The summed E-state index contributed by atoms with van der Waals surface area (Å²) in [5.74, 6) is -0.923. The number of carbonyl (C=O) groups is 1. The molecular weight excluding hydrogens is 411 g/mol. The highest BCUT2D eigenvalue weighted by molar-refractivity contribution is 7.92. The van der Waals surface area contributed by atoms with E-state index in [1.165, 1.54) is 11.0 Å². The van der Waals surface area contributed by atoms with Crippen LogP contribution in [0.15, 0.2) is 36.4 Å². The Morgan fingerprint density at radius 3 is 2.45 bits per heavy atom. The highest BCUT2D eigenvalue weighted by atomic mass is 32.2. The fourth-order valence-electron chi connectivity index (χ4n) is 3.05. The van der Waals surface area contributed by atoms with Crippen molar-refractivity contribution in [1.29, 1.82) is 0 Å². The Hall–Kier alpha value is -2.95. The molecule has 11 heteroatoms. The lowest BCUT2D eigenvalue weighted by Crippen LogP contribution is -2.39. The Bertz CT molecular complexity index is 1050. The van der Waals surface area contributed by atoms with Crippen molar-refractivity contribution < 1.29 is 31.5 Å². The molecule has 7 nitrogen and oxygen atoms in total. The van der Waals surface area contributed by atoms with E-state index in [-0.39, 0.29) is 12.2 Å². The van der Waals surface area contributed by atoms with Gasteiger partial charge in [0.25, 0.3) is 0 Å². The van der Waals surface area contributed by atoms with Crippen molar-refractivity contribution in [2.24, 2.45) is 0 Å². The number of urea groups is 1. The summed E-state index contributed by atoms with van der Waals surface area (Å²) in [5, 5.41) is 11.8. The Morgan fingerprint density at radius 1 is 1.10 bits per heavy atom. The summed E-state index contributed by atoms with van der Waals surface area (Å²) in [7, 11) is -3.45. The third-order valence-electron chi connectivity index (χ3n) is 4.36. The van der Waals surface area contributed by atoms with Gasteiger partial charge in [-0.25, -0.2) is 13.2 Å². The van der Waals surface area contributed by atoms with Crippen LogP contribution in [-0.2, 0) is 29.2 Å². The summed E-state index contributed by atoms with van der Waals surface area (Å²) in [6.45, 7) is 0.520. The molecule has 3 N–H and O–H groups in total. The molecule has 29 heavy (non-hydrogen) atoms. The smallest absolute Gasteiger partial charge is 0.420 e. The number of phenols is 1. The maximum Gasteiger partial charge on any atom is 0.420 e. The highest BCUT2D eigenvalue weighted by Crippen LogP contribution is 2.37. The van der Waals surface area contributed by atoms with Crippen molar-refractivity contribution in [3.05, 3.63) is 53.1 Å². The lowest BCUT2D eigenvalue weighted by Gasteiger charge is -2.29. The van der Waals surface area contributed by atoms with Crippen molar-refractivity contribution in [3.63, 3.8) is 0 Å². The molecule has 1 aliphatic heterocycles. The van der Waals surface area contributed by atoms with Gasteiger partial charge in [0.05, 0.1) is 11.8 Å². The number of hydrogen-bond donors (Lipinski definition) is 3. The van der Waals surface area contributed by atoms with E-state index in [1.54, 1.807) is 18.2 Å². The van der Waals surface area contributed by atoms with E-state index >= 15 is 0 Å². The van der Waals surface area contributed by atoms with Gasteiger partial charge in [-0.15, -0.1) is 0 Å². The number of phenolic OH excluding ortho intramolecular Hbond substituents is 1. The summed E-state index contributed by atoms with van der Waals surface area (Å²) in [4.78, 5) is 13.9. The normalized spacial score (nSPS) is 14.3. The fourth-order valence-corrected chi connectivity index (χ4v) is 3.61. The minimum atomic E-state index is -4.75. The van der Waals surface area contributed by atoms with Gasteiger partial charge >= 0.3 is 12.2 Å². The molecule has 1 aliphatic rings. The second-order valence-electron chi connectivity index (χ2n) is 6.69. The molecule has 0 fully saturated rings. The largest absolute Gasteiger partial charge is 0.507 e. The molecule has 3 rings (SSSR count). The van der Waals surface area contributed by atoms with E-state index in [0.717, 1.165) is 23.4 Å². The molecule has 2 aromatic rings. The molecular formula is C18H18F3N3O4S. The predicted molar refractivity (Wildman–Crippen MR) is 101 cm³/mol. The van der Waals surface area contributed by atoms with Gasteiger partial charge in [0.2, 0.25) is 10.0 Å². The first-order chi connectivity index (χ1) is 13.4. The molecule has 0 radical (unpaired) electrons. The molecule has 0 atom stereocenters. The average Bonchev–Trinajstić information content (AvgIpc) is 2.60. The summed E-state index contributed by atoms with van der Waals surface area (Å²) in [6, 6.07) is 7.13. The molecule has 156 valence electrons. The van der Waals surface area contributed by atoms with Gasteiger partial charge in [0, 0.05) is 24.5 Å². The van der Waals surface area contributed by atoms with E-state index in [2.05, 4.69) is 10.0 Å². The Labute approximate surface area is 165 Å². The van der Waals surface area contributed by atoms with Crippen LogP contribution in [-0.4, -0.2) is 37.3 Å². The van der Waals surface area contributed by atoms with Crippen molar-refractivity contribution in [2.45, 2.75) is 19.1 Å². The molecule has 0 spiro atoms. The zero-order valence-corrected chi connectivity index (χ0v) is 16.1. The van der Waals surface area contributed by atoms with Crippen LogP contribution < -0.4 is 10.0 Å². The zero-order valence-electron chi connectivity index (χ0n) is 15.2. The molecule has 0 saturated heterocycles. The van der Waals surface area contributed by atoms with E-state index in [0.29, 0.717) is 24.7 Å². The van der Waals surface area contributed by atoms with Gasteiger partial charge in [0.1, 0.15) is 5.75 Å². The SMILES string of the molecule is CS(=O)(=O)Nc1ccc2c(c1)CN(C(=O)Nc1ccc(O)c(C(F)(F)F)c1)CC2. The monoisotopic (exact) mass is 429 g/mol. The van der Waals surface area contributed by atoms with Crippen LogP contribution in [0.25, 0.3) is 0 Å². The number of nitrogens with one attached hydrogen (secondary N) is 2. The van der Waals surface area contributed by atoms with Crippen molar-refractivity contribution in [3.8, 4) is 5.75 Å². The van der Waals surface area contributed by atoms with Crippen LogP contribution in [0.5, 0.6) is 5.75 Å². The number of amides is 2. The zero-order chi connectivity index (χ0) is 21.4. The number of hydrogen-bond acceptors (Lipinski definition) is 4. The van der Waals surface area contributed by atoms with Gasteiger partial charge in [-0.3, -0.25) is 4.72 Å². The number of alkyl halides is 3. The summed E-state index contributed by atoms with van der Waals surface area (Å²) in [5.41, 5.74) is 0.717. The quantitative estimate of drug-likeness (QED) is 0.652. The second kappa shape index (κ2) is 7.47. The predicted octanol–water partition coefficient (Wildman–Crippen LogP) is 3.37. The minimum Gasteiger partial charge on any atom is -0.507 e. The number of nitrogens with zero attached hydrogens (tertiary/aromatic N) is 1. The lowest BCUT2D eigenvalue weighted by molar-refractivity contribution is -0.138. The first-order valence-electron chi connectivity index (χ1n) is 8.48. The third-order valence-corrected chi connectivity index (χ3v) is 4.97. The highest BCUT2D eigenvalue weighted by Gasteiger charge is 2.34. The van der Waals surface area contributed by atoms with Crippen LogP contribution >= 0.6 is 0 Å². The molecule has 2 aromatic carbocycles. The van der Waals surface area contributed by atoms with Crippen molar-refractivity contribution in [1.82, 2.24) is 4.90 Å². The summed E-state index contributed by atoms with van der Waals surface area (Å²) in [6.07, 6.45) is -3.21. The van der Waals surface area contributed by atoms with Gasteiger partial charge in [0.15, 0.2) is 0 Å². The Balaban J connectivity index is 1.75. The Morgan fingerprint density at radius 2 is 1.79 bits per heavy atom. The first-order valence-corrected chi connectivity index (χ1v) is 10.4. The van der Waals surface area contributed by atoms with Crippen LogP contribution in [0, 0.1) is 0 Å². The molecule has 0 bridgehead atoms. The second-order valence-corrected chi connectivity index (χ2v) is 8.44. The average molecular weight is 429 g/mol. The van der Waals surface area contributed by atoms with Gasteiger partial charge < -0.3 is 15.3 Å². The van der Waals surface area contributed by atoms with Crippen LogP contribution in [0.4, 0.5) is 29.3 Å². The number of carbonyl (C=O) groups excluding carboxylic acids is 1. The van der Waals surface area contributed by atoms with Gasteiger partial charge in [-0.1, -0.05) is 6.07 Å². The number of fused-ring (bicyclic) bond motifs is 1. The van der Waals surface area contributed by atoms with Crippen LogP contribution in [0.1, 0.15) is 16.7 Å². The van der Waals surface area contributed by atoms with E-state index < -0.39 is 33.5 Å². The van der Waals surface area contributed by atoms with Crippen molar-refractivity contribution in [2.75, 3.05) is 22.8 Å². The maximum atomic E-state index is 12.9. The van der Waals surface area contributed by atoms with E-state index in [9.17, 15) is 31.5 Å². The molecule has 0 saturated carbocycles. The number of sulfonamides is 1. The standard InChI is InChI=1S/C18H18F3N3O4S/c1-29(27,28)23-14-3-2-11-6-7-24(10-12(11)8-14)17(26)22-13-4-5-16(25)15(9-13)18(19,20)21/h2-5,8-9,23,25H,6-7,10H2,1H3,(H,22,26). The van der Waals surface area contributed by atoms with E-state index in [4.69, 9.17) is 0 Å². The number of benzene rings is 2. The van der Waals surface area contributed by atoms with Crippen LogP contribution in [0.2, 0.25) is 0 Å². The number of aromatic hydroxyl groups is 1. The number of halogens is 3. The first kappa shape index (κ1) is 20.8. The summed E-state index contributed by atoms with van der Waals surface area (Å²) >= 11 is 0. The van der Waals surface area contributed by atoms with Gasteiger partial charge in [-0.2, -0.15) is 13.2 Å². The Kier molecular flexibility index (Phi) is 5.35. The lowest BCUT2D eigenvalue weighted by atomic mass is 9.99. The maximum absolute atomic E-state index is 12.9. The van der Waals surface area contributed by atoms with Gasteiger partial charge in [-0.05, 0) is 47.9 Å². The molecule has 0 aliphatic carbocycles. The third kappa shape index (κ3) is 5.11. The molecule has 0 aromatic heterocycles. The molecule has 1 heterocycles.